The van der Waals surface area contributed by atoms with Crippen molar-refractivity contribution in [3.8, 4) is 0 Å². The summed E-state index contributed by atoms with van der Waals surface area (Å²) in [5.41, 5.74) is 1.50. The molecular weight excluding hydrogens is 282 g/mol. The van der Waals surface area contributed by atoms with Gasteiger partial charge in [0.25, 0.3) is 0 Å². The molecule has 1 N–H and O–H groups in total. The Balaban J connectivity index is 1.59. The van der Waals surface area contributed by atoms with E-state index < -0.39 is 0 Å². The fourth-order valence-corrected chi connectivity index (χ4v) is 4.15. The van der Waals surface area contributed by atoms with Gasteiger partial charge >= 0.3 is 0 Å². The standard InChI is InChI=1S/C17H26ClN3/c18-16-6-9-19-12-15(16)13-20-14-17(7-2-3-8-17)21-10-4-1-5-11-21/h6,9,12,20H,1-5,7-8,10-11,13-14H2. The molecule has 2 heterocycles. The number of pyridine rings is 1. The molecule has 1 saturated heterocycles. The lowest BCUT2D eigenvalue weighted by molar-refractivity contribution is 0.0696. The van der Waals surface area contributed by atoms with E-state index in [1.165, 1.54) is 58.0 Å². The first-order valence-electron chi connectivity index (χ1n) is 8.34. The maximum atomic E-state index is 6.21. The van der Waals surface area contributed by atoms with E-state index in [-0.39, 0.29) is 0 Å². The minimum absolute atomic E-state index is 0.398. The number of hydrogen-bond donors (Lipinski definition) is 1. The van der Waals surface area contributed by atoms with Crippen LogP contribution in [0.2, 0.25) is 5.02 Å². The van der Waals surface area contributed by atoms with Crippen molar-refractivity contribution in [1.82, 2.24) is 15.2 Å². The van der Waals surface area contributed by atoms with Crippen molar-refractivity contribution in [3.05, 3.63) is 29.0 Å². The van der Waals surface area contributed by atoms with Gasteiger partial charge < -0.3 is 5.32 Å². The van der Waals surface area contributed by atoms with Gasteiger partial charge in [-0.3, -0.25) is 9.88 Å². The van der Waals surface area contributed by atoms with Crippen LogP contribution in [0, 0.1) is 0 Å². The second-order valence-corrected chi connectivity index (χ2v) is 6.96. The van der Waals surface area contributed by atoms with Crippen LogP contribution in [0.5, 0.6) is 0 Å². The Labute approximate surface area is 133 Å². The minimum atomic E-state index is 0.398. The van der Waals surface area contributed by atoms with Gasteiger partial charge in [0.2, 0.25) is 0 Å². The first-order valence-corrected chi connectivity index (χ1v) is 8.72. The first kappa shape index (κ1) is 15.3. The highest BCUT2D eigenvalue weighted by Gasteiger charge is 2.39. The van der Waals surface area contributed by atoms with Crippen LogP contribution < -0.4 is 5.32 Å². The zero-order chi connectivity index (χ0) is 14.5. The molecule has 2 fully saturated rings. The molecule has 0 atom stereocenters. The molecule has 21 heavy (non-hydrogen) atoms. The molecule has 1 aliphatic heterocycles. The van der Waals surface area contributed by atoms with Crippen LogP contribution >= 0.6 is 11.6 Å². The average Bonchev–Trinajstić information content (AvgIpc) is 3.00. The molecule has 4 heteroatoms. The molecular formula is C17H26ClN3. The summed E-state index contributed by atoms with van der Waals surface area (Å²) in [6, 6.07) is 1.87. The van der Waals surface area contributed by atoms with Crippen molar-refractivity contribution in [3.63, 3.8) is 0 Å². The smallest absolute Gasteiger partial charge is 0.0481 e. The largest absolute Gasteiger partial charge is 0.311 e. The van der Waals surface area contributed by atoms with Crippen molar-refractivity contribution in [2.24, 2.45) is 0 Å². The van der Waals surface area contributed by atoms with Gasteiger partial charge in [0, 0.05) is 41.6 Å². The zero-order valence-corrected chi connectivity index (χ0v) is 13.5. The molecule has 3 rings (SSSR count). The van der Waals surface area contributed by atoms with Crippen molar-refractivity contribution in [2.75, 3.05) is 19.6 Å². The quantitative estimate of drug-likeness (QED) is 0.900. The monoisotopic (exact) mass is 307 g/mol. The molecule has 2 aliphatic rings. The molecule has 1 saturated carbocycles. The van der Waals surface area contributed by atoms with Gasteiger partial charge in [0.05, 0.1) is 0 Å². The van der Waals surface area contributed by atoms with Crippen LogP contribution in [0.25, 0.3) is 0 Å². The van der Waals surface area contributed by atoms with E-state index in [4.69, 9.17) is 11.6 Å². The highest BCUT2D eigenvalue weighted by atomic mass is 35.5. The van der Waals surface area contributed by atoms with Gasteiger partial charge in [-0.2, -0.15) is 0 Å². The van der Waals surface area contributed by atoms with Crippen LogP contribution in [0.4, 0.5) is 0 Å². The number of likely N-dealkylation sites (tertiary alicyclic amines) is 1. The number of rotatable bonds is 5. The Morgan fingerprint density at radius 2 is 1.90 bits per heavy atom. The molecule has 0 amide bonds. The Hall–Kier alpha value is -0.640. The Morgan fingerprint density at radius 1 is 1.14 bits per heavy atom. The third kappa shape index (κ3) is 3.58. The van der Waals surface area contributed by atoms with Crippen LogP contribution in [-0.4, -0.2) is 35.1 Å². The number of halogens is 1. The van der Waals surface area contributed by atoms with E-state index >= 15 is 0 Å². The lowest BCUT2D eigenvalue weighted by Crippen LogP contribution is -2.54. The third-order valence-corrected chi connectivity index (χ3v) is 5.54. The molecule has 116 valence electrons. The van der Waals surface area contributed by atoms with E-state index in [1.807, 2.05) is 12.3 Å². The Kier molecular flexibility index (Phi) is 5.15. The van der Waals surface area contributed by atoms with Gasteiger partial charge in [-0.15, -0.1) is 0 Å². The summed E-state index contributed by atoms with van der Waals surface area (Å²) >= 11 is 6.21. The number of hydrogen-bond acceptors (Lipinski definition) is 3. The van der Waals surface area contributed by atoms with E-state index in [9.17, 15) is 0 Å². The lowest BCUT2D eigenvalue weighted by Gasteiger charge is -2.44. The predicted molar refractivity (Wildman–Crippen MR) is 87.6 cm³/mol. The van der Waals surface area contributed by atoms with Gasteiger partial charge in [-0.1, -0.05) is 30.9 Å². The van der Waals surface area contributed by atoms with Gasteiger partial charge in [-0.05, 0) is 44.8 Å². The highest BCUT2D eigenvalue weighted by Crippen LogP contribution is 2.36. The fraction of sp³-hybridized carbons (Fsp3) is 0.706. The third-order valence-electron chi connectivity index (χ3n) is 5.17. The van der Waals surface area contributed by atoms with Crippen LogP contribution in [0.3, 0.4) is 0 Å². The number of nitrogens with one attached hydrogen (secondary N) is 1. The molecule has 0 bridgehead atoms. The van der Waals surface area contributed by atoms with Crippen molar-refractivity contribution >= 4 is 11.6 Å². The number of piperidine rings is 1. The summed E-state index contributed by atoms with van der Waals surface area (Å²) in [6.45, 7) is 4.48. The van der Waals surface area contributed by atoms with E-state index in [2.05, 4.69) is 15.2 Å². The lowest BCUT2D eigenvalue weighted by atomic mass is 9.92. The fourth-order valence-electron chi connectivity index (χ4n) is 3.98. The summed E-state index contributed by atoms with van der Waals surface area (Å²) in [7, 11) is 0. The predicted octanol–water partition coefficient (Wildman–Crippen LogP) is 3.62. The molecule has 1 aromatic rings. The second kappa shape index (κ2) is 7.08. The summed E-state index contributed by atoms with van der Waals surface area (Å²) in [5, 5.41) is 4.47. The summed E-state index contributed by atoms with van der Waals surface area (Å²) < 4.78 is 0. The molecule has 1 aliphatic carbocycles. The maximum absolute atomic E-state index is 6.21. The van der Waals surface area contributed by atoms with E-state index in [0.717, 1.165) is 23.7 Å². The minimum Gasteiger partial charge on any atom is -0.311 e. The number of nitrogens with zero attached hydrogens (tertiary/aromatic N) is 2. The van der Waals surface area contributed by atoms with Crippen molar-refractivity contribution < 1.29 is 0 Å². The molecule has 3 nitrogen and oxygen atoms in total. The topological polar surface area (TPSA) is 28.2 Å². The molecule has 0 aromatic carbocycles. The van der Waals surface area contributed by atoms with Crippen molar-refractivity contribution in [1.29, 1.82) is 0 Å². The summed E-state index contributed by atoms with van der Waals surface area (Å²) in [6.07, 6.45) is 13.2. The maximum Gasteiger partial charge on any atom is 0.0481 e. The van der Waals surface area contributed by atoms with Gasteiger partial charge in [0.1, 0.15) is 0 Å². The molecule has 1 aromatic heterocycles. The van der Waals surface area contributed by atoms with Crippen molar-refractivity contribution in [2.45, 2.75) is 57.0 Å². The molecule has 0 unspecified atom stereocenters. The zero-order valence-electron chi connectivity index (χ0n) is 12.8. The molecule has 0 spiro atoms. The summed E-state index contributed by atoms with van der Waals surface area (Å²) in [4.78, 5) is 6.93. The van der Waals surface area contributed by atoms with Gasteiger partial charge in [-0.25, -0.2) is 0 Å². The van der Waals surface area contributed by atoms with Crippen LogP contribution in [-0.2, 0) is 6.54 Å². The second-order valence-electron chi connectivity index (χ2n) is 6.55. The van der Waals surface area contributed by atoms with Gasteiger partial charge in [0.15, 0.2) is 0 Å². The van der Waals surface area contributed by atoms with E-state index in [1.54, 1.807) is 6.20 Å². The van der Waals surface area contributed by atoms with Crippen LogP contribution in [0.15, 0.2) is 18.5 Å². The Morgan fingerprint density at radius 3 is 2.62 bits per heavy atom. The average molecular weight is 308 g/mol. The van der Waals surface area contributed by atoms with Crippen LogP contribution in [0.1, 0.15) is 50.5 Å². The highest BCUT2D eigenvalue weighted by molar-refractivity contribution is 6.31. The Bertz CT molecular complexity index is 451. The molecule has 0 radical (unpaired) electrons. The summed E-state index contributed by atoms with van der Waals surface area (Å²) in [5.74, 6) is 0. The number of aromatic nitrogens is 1. The SMILES string of the molecule is Clc1ccncc1CNCC1(N2CCCCC2)CCCC1. The first-order chi connectivity index (χ1) is 10.3. The van der Waals surface area contributed by atoms with E-state index in [0.29, 0.717) is 5.54 Å². The normalized spacial score (nSPS) is 22.5.